The van der Waals surface area contributed by atoms with E-state index in [4.69, 9.17) is 4.42 Å². The SMILES string of the molecule is CSc1cnc(C2NCCc3ccoc32)s1. The second kappa shape index (κ2) is 4.24. The van der Waals surface area contributed by atoms with Crippen LogP contribution in [0.25, 0.3) is 0 Å². The normalized spacial score (nSPS) is 19.7. The zero-order valence-corrected chi connectivity index (χ0v) is 10.5. The summed E-state index contributed by atoms with van der Waals surface area (Å²) in [5.74, 6) is 1.04. The Morgan fingerprint density at radius 3 is 3.38 bits per heavy atom. The number of hydrogen-bond donors (Lipinski definition) is 1. The van der Waals surface area contributed by atoms with Crippen molar-refractivity contribution in [1.82, 2.24) is 10.3 Å². The Morgan fingerprint density at radius 2 is 2.56 bits per heavy atom. The van der Waals surface area contributed by atoms with E-state index in [2.05, 4.69) is 22.6 Å². The summed E-state index contributed by atoms with van der Waals surface area (Å²) in [6, 6.07) is 2.20. The molecule has 1 N–H and O–H groups in total. The lowest BCUT2D eigenvalue weighted by Crippen LogP contribution is -2.29. The van der Waals surface area contributed by atoms with Crippen LogP contribution in [-0.4, -0.2) is 17.8 Å². The van der Waals surface area contributed by atoms with Crippen molar-refractivity contribution in [3.63, 3.8) is 0 Å². The van der Waals surface area contributed by atoms with Crippen molar-refractivity contribution < 1.29 is 4.42 Å². The van der Waals surface area contributed by atoms with Gasteiger partial charge >= 0.3 is 0 Å². The zero-order valence-electron chi connectivity index (χ0n) is 8.90. The van der Waals surface area contributed by atoms with Crippen LogP contribution < -0.4 is 5.32 Å². The number of rotatable bonds is 2. The van der Waals surface area contributed by atoms with Crippen LogP contribution in [0, 0.1) is 0 Å². The van der Waals surface area contributed by atoms with E-state index in [1.54, 1.807) is 29.4 Å². The molecule has 16 heavy (non-hydrogen) atoms. The van der Waals surface area contributed by atoms with Crippen LogP contribution in [0.1, 0.15) is 22.4 Å². The van der Waals surface area contributed by atoms with E-state index < -0.39 is 0 Å². The van der Waals surface area contributed by atoms with Gasteiger partial charge in [-0.15, -0.1) is 23.1 Å². The van der Waals surface area contributed by atoms with Crippen molar-refractivity contribution in [2.24, 2.45) is 0 Å². The molecule has 0 radical (unpaired) electrons. The van der Waals surface area contributed by atoms with Crippen molar-refractivity contribution in [3.8, 4) is 0 Å². The Kier molecular flexibility index (Phi) is 2.75. The van der Waals surface area contributed by atoms with E-state index in [0.717, 1.165) is 23.7 Å². The van der Waals surface area contributed by atoms with Gasteiger partial charge in [-0.3, -0.25) is 0 Å². The number of thiazole rings is 1. The predicted octanol–water partition coefficient (Wildman–Crippen LogP) is 2.69. The molecule has 0 saturated heterocycles. The molecule has 84 valence electrons. The Morgan fingerprint density at radius 1 is 1.62 bits per heavy atom. The van der Waals surface area contributed by atoms with Gasteiger partial charge in [-0.1, -0.05) is 0 Å². The fourth-order valence-electron chi connectivity index (χ4n) is 1.95. The Labute approximate surface area is 102 Å². The molecule has 5 heteroatoms. The largest absolute Gasteiger partial charge is 0.467 e. The summed E-state index contributed by atoms with van der Waals surface area (Å²) in [7, 11) is 0. The standard InChI is InChI=1S/C11H12N2OS2/c1-15-8-6-13-11(16-8)9-10-7(2-4-12-9)3-5-14-10/h3,5-6,9,12H,2,4H2,1H3. The monoisotopic (exact) mass is 252 g/mol. The molecule has 0 aliphatic carbocycles. The third kappa shape index (κ3) is 1.69. The zero-order chi connectivity index (χ0) is 11.0. The third-order valence-corrected chi connectivity index (χ3v) is 4.85. The molecule has 1 unspecified atom stereocenters. The molecule has 2 aromatic heterocycles. The minimum Gasteiger partial charge on any atom is -0.467 e. The number of hydrogen-bond acceptors (Lipinski definition) is 5. The van der Waals surface area contributed by atoms with E-state index in [9.17, 15) is 0 Å². The molecule has 2 aromatic rings. The smallest absolute Gasteiger partial charge is 0.130 e. The molecule has 1 aliphatic heterocycles. The van der Waals surface area contributed by atoms with Crippen LogP contribution in [0.5, 0.6) is 0 Å². The average molecular weight is 252 g/mol. The molecule has 0 saturated carbocycles. The van der Waals surface area contributed by atoms with Gasteiger partial charge in [0, 0.05) is 6.54 Å². The molecule has 0 spiro atoms. The van der Waals surface area contributed by atoms with Gasteiger partial charge in [0.1, 0.15) is 16.8 Å². The van der Waals surface area contributed by atoms with Crippen molar-refractivity contribution >= 4 is 23.1 Å². The third-order valence-electron chi connectivity index (χ3n) is 2.74. The molecule has 0 fully saturated rings. The number of thioether (sulfide) groups is 1. The number of nitrogens with zero attached hydrogens (tertiary/aromatic N) is 1. The lowest BCUT2D eigenvalue weighted by atomic mass is 10.0. The molecule has 0 aromatic carbocycles. The quantitative estimate of drug-likeness (QED) is 0.834. The van der Waals surface area contributed by atoms with Crippen LogP contribution >= 0.6 is 23.1 Å². The number of nitrogens with one attached hydrogen (secondary N) is 1. The van der Waals surface area contributed by atoms with Gasteiger partial charge in [-0.25, -0.2) is 4.98 Å². The van der Waals surface area contributed by atoms with Crippen LogP contribution in [-0.2, 0) is 6.42 Å². The number of aromatic nitrogens is 1. The Hall–Kier alpha value is -0.780. The highest BCUT2D eigenvalue weighted by Crippen LogP contribution is 2.33. The van der Waals surface area contributed by atoms with Crippen molar-refractivity contribution in [2.45, 2.75) is 16.7 Å². The summed E-state index contributed by atoms with van der Waals surface area (Å²) in [4.78, 5) is 4.46. The molecular weight excluding hydrogens is 240 g/mol. The molecule has 3 rings (SSSR count). The summed E-state index contributed by atoms with van der Waals surface area (Å²) in [5, 5.41) is 4.56. The molecular formula is C11H12N2OS2. The molecule has 0 amide bonds. The Bertz CT molecular complexity index is 492. The minimum atomic E-state index is 0.143. The summed E-state index contributed by atoms with van der Waals surface area (Å²) in [6.07, 6.45) is 6.82. The number of furan rings is 1. The first-order valence-corrected chi connectivity index (χ1v) is 7.22. The van der Waals surface area contributed by atoms with Gasteiger partial charge in [-0.2, -0.15) is 0 Å². The highest BCUT2D eigenvalue weighted by atomic mass is 32.2. The minimum absolute atomic E-state index is 0.143. The van der Waals surface area contributed by atoms with E-state index in [1.165, 1.54) is 9.77 Å². The topological polar surface area (TPSA) is 38.1 Å². The fraction of sp³-hybridized carbons (Fsp3) is 0.364. The number of fused-ring (bicyclic) bond motifs is 1. The maximum absolute atomic E-state index is 5.56. The van der Waals surface area contributed by atoms with E-state index >= 15 is 0 Å². The van der Waals surface area contributed by atoms with Gasteiger partial charge in [0.15, 0.2) is 0 Å². The van der Waals surface area contributed by atoms with Crippen molar-refractivity contribution in [3.05, 3.63) is 34.9 Å². The Balaban J connectivity index is 1.97. The highest BCUT2D eigenvalue weighted by Gasteiger charge is 2.26. The molecule has 1 atom stereocenters. The van der Waals surface area contributed by atoms with Gasteiger partial charge in [0.05, 0.1) is 16.7 Å². The first-order chi connectivity index (χ1) is 7.88. The van der Waals surface area contributed by atoms with Crippen LogP contribution in [0.15, 0.2) is 27.2 Å². The maximum Gasteiger partial charge on any atom is 0.130 e. The summed E-state index contributed by atoms with van der Waals surface area (Å²) < 4.78 is 6.81. The van der Waals surface area contributed by atoms with Crippen LogP contribution in [0.2, 0.25) is 0 Å². The summed E-state index contributed by atoms with van der Waals surface area (Å²) >= 11 is 3.47. The van der Waals surface area contributed by atoms with Crippen molar-refractivity contribution in [2.75, 3.05) is 12.8 Å². The second-order valence-electron chi connectivity index (χ2n) is 3.67. The van der Waals surface area contributed by atoms with Gasteiger partial charge in [0.2, 0.25) is 0 Å². The van der Waals surface area contributed by atoms with E-state index in [1.807, 2.05) is 6.20 Å². The van der Waals surface area contributed by atoms with Crippen LogP contribution in [0.4, 0.5) is 0 Å². The predicted molar refractivity (Wildman–Crippen MR) is 66.2 cm³/mol. The van der Waals surface area contributed by atoms with E-state index in [0.29, 0.717) is 0 Å². The summed E-state index contributed by atoms with van der Waals surface area (Å²) in [6.45, 7) is 0.991. The lowest BCUT2D eigenvalue weighted by Gasteiger charge is -2.20. The first-order valence-electron chi connectivity index (χ1n) is 5.18. The fourth-order valence-corrected chi connectivity index (χ4v) is 3.42. The lowest BCUT2D eigenvalue weighted by molar-refractivity contribution is 0.424. The van der Waals surface area contributed by atoms with Gasteiger partial charge in [0.25, 0.3) is 0 Å². The molecule has 3 nitrogen and oxygen atoms in total. The van der Waals surface area contributed by atoms with Crippen molar-refractivity contribution in [1.29, 1.82) is 0 Å². The van der Waals surface area contributed by atoms with Gasteiger partial charge < -0.3 is 9.73 Å². The summed E-state index contributed by atoms with van der Waals surface area (Å²) in [5.41, 5.74) is 1.31. The molecule has 3 heterocycles. The van der Waals surface area contributed by atoms with Crippen LogP contribution in [0.3, 0.4) is 0 Å². The maximum atomic E-state index is 5.56. The molecule has 0 bridgehead atoms. The van der Waals surface area contributed by atoms with Gasteiger partial charge in [-0.05, 0) is 24.3 Å². The van der Waals surface area contributed by atoms with E-state index in [-0.39, 0.29) is 6.04 Å². The molecule has 1 aliphatic rings. The highest BCUT2D eigenvalue weighted by molar-refractivity contribution is 8.00. The first kappa shape index (κ1) is 10.4. The second-order valence-corrected chi connectivity index (χ2v) is 5.84. The average Bonchev–Trinajstić information content (AvgIpc) is 2.97.